The van der Waals surface area contributed by atoms with Gasteiger partial charge in [0.15, 0.2) is 0 Å². The quantitative estimate of drug-likeness (QED) is 0.829. The van der Waals surface area contributed by atoms with Gasteiger partial charge in [0.1, 0.15) is 6.04 Å². The Labute approximate surface area is 130 Å². The van der Waals surface area contributed by atoms with Crippen LogP contribution in [-0.2, 0) is 22.6 Å². The van der Waals surface area contributed by atoms with E-state index in [-0.39, 0.29) is 24.2 Å². The van der Waals surface area contributed by atoms with E-state index in [0.29, 0.717) is 5.56 Å². The SMILES string of the molecule is COC(=O)C(NC(=O)c1ccc2c(c1)CNC2)C(C)C.Cl. The van der Waals surface area contributed by atoms with E-state index in [1.165, 1.54) is 12.7 Å². The molecular weight excluding hydrogens is 292 g/mol. The van der Waals surface area contributed by atoms with E-state index in [0.717, 1.165) is 18.7 Å². The van der Waals surface area contributed by atoms with Crippen LogP contribution in [0.25, 0.3) is 0 Å². The zero-order valence-corrected chi connectivity index (χ0v) is 13.3. The lowest BCUT2D eigenvalue weighted by Crippen LogP contribution is -2.45. The predicted molar refractivity (Wildman–Crippen MR) is 82.3 cm³/mol. The maximum absolute atomic E-state index is 12.2. The van der Waals surface area contributed by atoms with Crippen molar-refractivity contribution < 1.29 is 14.3 Å². The fraction of sp³-hybridized carbons (Fsp3) is 0.467. The number of nitrogens with one attached hydrogen (secondary N) is 2. The highest BCUT2D eigenvalue weighted by Gasteiger charge is 2.25. The number of carbonyl (C=O) groups excluding carboxylic acids is 2. The summed E-state index contributed by atoms with van der Waals surface area (Å²) in [6.45, 7) is 5.36. The van der Waals surface area contributed by atoms with Crippen LogP contribution >= 0.6 is 12.4 Å². The molecule has 1 aliphatic rings. The van der Waals surface area contributed by atoms with Crippen molar-refractivity contribution in [3.63, 3.8) is 0 Å². The smallest absolute Gasteiger partial charge is 0.328 e. The lowest BCUT2D eigenvalue weighted by atomic mass is 10.0. The van der Waals surface area contributed by atoms with Gasteiger partial charge >= 0.3 is 5.97 Å². The minimum absolute atomic E-state index is 0. The number of ether oxygens (including phenoxy) is 1. The van der Waals surface area contributed by atoms with Crippen molar-refractivity contribution in [1.29, 1.82) is 0 Å². The Balaban J connectivity index is 0.00000220. The number of rotatable bonds is 4. The first kappa shape index (κ1) is 17.5. The van der Waals surface area contributed by atoms with Gasteiger partial charge in [-0.05, 0) is 29.2 Å². The molecular formula is C15H21ClN2O3. The van der Waals surface area contributed by atoms with E-state index in [1.807, 2.05) is 26.0 Å². The second-order valence-corrected chi connectivity index (χ2v) is 5.31. The summed E-state index contributed by atoms with van der Waals surface area (Å²) < 4.78 is 4.72. The van der Waals surface area contributed by atoms with Gasteiger partial charge in [-0.2, -0.15) is 0 Å². The molecule has 2 N–H and O–H groups in total. The Morgan fingerprint density at radius 1 is 1.24 bits per heavy atom. The third kappa shape index (κ3) is 3.95. The fourth-order valence-electron chi connectivity index (χ4n) is 2.29. The van der Waals surface area contributed by atoms with E-state index in [4.69, 9.17) is 4.74 Å². The average molecular weight is 313 g/mol. The van der Waals surface area contributed by atoms with Gasteiger partial charge in [-0.15, -0.1) is 12.4 Å². The topological polar surface area (TPSA) is 67.4 Å². The first-order valence-electron chi connectivity index (χ1n) is 6.74. The highest BCUT2D eigenvalue weighted by atomic mass is 35.5. The number of halogens is 1. The van der Waals surface area contributed by atoms with E-state index < -0.39 is 12.0 Å². The number of fused-ring (bicyclic) bond motifs is 1. The minimum atomic E-state index is -0.626. The molecule has 1 aromatic carbocycles. The molecule has 2 rings (SSSR count). The lowest BCUT2D eigenvalue weighted by Gasteiger charge is -2.20. The van der Waals surface area contributed by atoms with Crippen molar-refractivity contribution in [3.8, 4) is 0 Å². The second-order valence-electron chi connectivity index (χ2n) is 5.31. The van der Waals surface area contributed by atoms with E-state index >= 15 is 0 Å². The van der Waals surface area contributed by atoms with Crippen LogP contribution in [0.15, 0.2) is 18.2 Å². The lowest BCUT2D eigenvalue weighted by molar-refractivity contribution is -0.144. The van der Waals surface area contributed by atoms with Crippen molar-refractivity contribution in [1.82, 2.24) is 10.6 Å². The Morgan fingerprint density at radius 3 is 2.52 bits per heavy atom. The molecule has 1 unspecified atom stereocenters. The molecule has 0 aromatic heterocycles. The summed E-state index contributed by atoms with van der Waals surface area (Å²) in [4.78, 5) is 23.9. The van der Waals surface area contributed by atoms with Crippen molar-refractivity contribution in [2.45, 2.75) is 33.0 Å². The van der Waals surface area contributed by atoms with Crippen LogP contribution in [0.5, 0.6) is 0 Å². The Hall–Kier alpha value is -1.59. The van der Waals surface area contributed by atoms with E-state index in [1.54, 1.807) is 6.07 Å². The molecule has 0 fully saturated rings. The standard InChI is InChI=1S/C15H20N2O3.ClH/c1-9(2)13(15(19)20-3)17-14(18)10-4-5-11-7-16-8-12(11)6-10;/h4-6,9,13,16H,7-8H2,1-3H3,(H,17,18);1H. The molecule has 0 aliphatic carbocycles. The molecule has 0 spiro atoms. The zero-order chi connectivity index (χ0) is 14.7. The van der Waals surface area contributed by atoms with Crippen LogP contribution in [0.3, 0.4) is 0 Å². The summed E-state index contributed by atoms with van der Waals surface area (Å²) in [6.07, 6.45) is 0. The van der Waals surface area contributed by atoms with Crippen molar-refractivity contribution >= 4 is 24.3 Å². The molecule has 6 heteroatoms. The number of benzene rings is 1. The van der Waals surface area contributed by atoms with Gasteiger partial charge in [0.25, 0.3) is 5.91 Å². The summed E-state index contributed by atoms with van der Waals surface area (Å²) in [5, 5.41) is 5.98. The average Bonchev–Trinajstić information content (AvgIpc) is 2.90. The third-order valence-corrected chi connectivity index (χ3v) is 3.51. The van der Waals surface area contributed by atoms with Crippen LogP contribution in [0, 0.1) is 5.92 Å². The predicted octanol–water partition coefficient (Wildman–Crippen LogP) is 1.64. The minimum Gasteiger partial charge on any atom is -0.467 e. The number of hydrogen-bond acceptors (Lipinski definition) is 4. The first-order chi connectivity index (χ1) is 9.52. The van der Waals surface area contributed by atoms with Gasteiger partial charge in [0.05, 0.1) is 7.11 Å². The van der Waals surface area contributed by atoms with Gasteiger partial charge in [0.2, 0.25) is 0 Å². The monoisotopic (exact) mass is 312 g/mol. The highest BCUT2D eigenvalue weighted by molar-refractivity contribution is 5.97. The molecule has 1 aromatic rings. The number of methoxy groups -OCH3 is 1. The number of hydrogen-bond donors (Lipinski definition) is 2. The zero-order valence-electron chi connectivity index (χ0n) is 12.4. The molecule has 0 saturated carbocycles. The summed E-state index contributed by atoms with van der Waals surface area (Å²) in [5.74, 6) is -0.692. The number of esters is 1. The molecule has 116 valence electrons. The van der Waals surface area contributed by atoms with Crippen LogP contribution in [-0.4, -0.2) is 25.0 Å². The van der Waals surface area contributed by atoms with Crippen molar-refractivity contribution in [2.75, 3.05) is 7.11 Å². The first-order valence-corrected chi connectivity index (χ1v) is 6.74. The van der Waals surface area contributed by atoms with Gasteiger partial charge in [-0.1, -0.05) is 19.9 Å². The molecule has 21 heavy (non-hydrogen) atoms. The van der Waals surface area contributed by atoms with E-state index in [9.17, 15) is 9.59 Å². The maximum Gasteiger partial charge on any atom is 0.328 e. The normalized spacial score (nSPS) is 14.1. The van der Waals surface area contributed by atoms with Gasteiger partial charge in [-0.25, -0.2) is 4.79 Å². The largest absolute Gasteiger partial charge is 0.467 e. The van der Waals surface area contributed by atoms with Crippen LogP contribution in [0.1, 0.15) is 35.3 Å². The maximum atomic E-state index is 12.2. The molecule has 0 saturated heterocycles. The van der Waals surface area contributed by atoms with Crippen LogP contribution in [0.4, 0.5) is 0 Å². The second kappa shape index (κ2) is 7.43. The number of amides is 1. The summed E-state index contributed by atoms with van der Waals surface area (Å²) in [6, 6.07) is 4.99. The van der Waals surface area contributed by atoms with Gasteiger partial charge in [0, 0.05) is 18.7 Å². The van der Waals surface area contributed by atoms with Gasteiger partial charge < -0.3 is 15.4 Å². The molecule has 1 aliphatic heterocycles. The summed E-state index contributed by atoms with van der Waals surface area (Å²) in [5.41, 5.74) is 2.92. The highest BCUT2D eigenvalue weighted by Crippen LogP contribution is 2.17. The van der Waals surface area contributed by atoms with Gasteiger partial charge in [-0.3, -0.25) is 4.79 Å². The van der Waals surface area contributed by atoms with Crippen molar-refractivity contribution in [2.24, 2.45) is 5.92 Å². The molecule has 1 amide bonds. The summed E-state index contributed by atoms with van der Waals surface area (Å²) in [7, 11) is 1.32. The fourth-order valence-corrected chi connectivity index (χ4v) is 2.29. The molecule has 5 nitrogen and oxygen atoms in total. The van der Waals surface area contributed by atoms with Crippen molar-refractivity contribution in [3.05, 3.63) is 34.9 Å². The molecule has 0 radical (unpaired) electrons. The van der Waals surface area contributed by atoms with Crippen LogP contribution < -0.4 is 10.6 Å². The van der Waals surface area contributed by atoms with Crippen LogP contribution in [0.2, 0.25) is 0 Å². The third-order valence-electron chi connectivity index (χ3n) is 3.51. The molecule has 1 heterocycles. The Kier molecular flexibility index (Phi) is 6.18. The number of carbonyl (C=O) groups is 2. The Morgan fingerprint density at radius 2 is 1.90 bits per heavy atom. The summed E-state index contributed by atoms with van der Waals surface area (Å²) >= 11 is 0. The Bertz CT molecular complexity index is 532. The van der Waals surface area contributed by atoms with E-state index in [2.05, 4.69) is 10.6 Å². The molecule has 0 bridgehead atoms. The molecule has 1 atom stereocenters.